The summed E-state index contributed by atoms with van der Waals surface area (Å²) in [6.07, 6.45) is -3.70. The van der Waals surface area contributed by atoms with E-state index in [4.69, 9.17) is 63.9 Å². The lowest BCUT2D eigenvalue weighted by molar-refractivity contribution is -0.217. The number of hydrogen-bond acceptors (Lipinski definition) is 7. The summed E-state index contributed by atoms with van der Waals surface area (Å²) in [5.41, 5.74) is 1.89. The molecule has 1 heterocycles. The monoisotopic (exact) mass is 543 g/mol. The van der Waals surface area contributed by atoms with Gasteiger partial charge in [0, 0.05) is 13.3 Å². The molecule has 1 N–H and O–H groups in total. The average Bonchev–Trinajstić information content (AvgIpc) is 2.92. The van der Waals surface area contributed by atoms with Gasteiger partial charge in [0.1, 0.15) is 6.10 Å². The highest BCUT2D eigenvalue weighted by molar-refractivity contribution is 6.76. The van der Waals surface area contributed by atoms with E-state index in [0.717, 1.165) is 11.1 Å². The quantitative estimate of drug-likeness (QED) is 0.202. The van der Waals surface area contributed by atoms with Gasteiger partial charge >= 0.3 is 5.97 Å². The van der Waals surface area contributed by atoms with E-state index >= 15 is 0 Å². The first kappa shape index (κ1) is 27.7. The zero-order valence-electron chi connectivity index (χ0n) is 19.4. The molecule has 0 radical (unpaired) electrons. The maximum absolute atomic E-state index is 12.1. The minimum Gasteiger partial charge on any atom is -0.453 e. The predicted molar refractivity (Wildman–Crippen MR) is 134 cm³/mol. The molecule has 1 fully saturated rings. The van der Waals surface area contributed by atoms with Crippen molar-refractivity contribution in [1.29, 1.82) is 5.41 Å². The second-order valence-corrected chi connectivity index (χ2v) is 10.4. The minimum absolute atomic E-state index is 0.220. The molecule has 3 rings (SSSR count). The van der Waals surface area contributed by atoms with E-state index in [1.807, 2.05) is 67.6 Å². The van der Waals surface area contributed by atoms with Crippen molar-refractivity contribution in [2.75, 3.05) is 0 Å². The van der Waals surface area contributed by atoms with Crippen molar-refractivity contribution in [3.05, 3.63) is 71.8 Å². The summed E-state index contributed by atoms with van der Waals surface area (Å²) in [6.45, 7) is 3.61. The van der Waals surface area contributed by atoms with Crippen molar-refractivity contribution in [2.24, 2.45) is 0 Å². The van der Waals surface area contributed by atoms with E-state index in [0.29, 0.717) is 13.0 Å². The second-order valence-electron chi connectivity index (χ2n) is 8.17. The van der Waals surface area contributed by atoms with E-state index in [-0.39, 0.29) is 6.61 Å². The zero-order chi connectivity index (χ0) is 25.4. The van der Waals surface area contributed by atoms with Crippen LogP contribution in [-0.4, -0.2) is 46.4 Å². The number of nitrogens with one attached hydrogen (secondary N) is 1. The number of rotatable bonds is 8. The van der Waals surface area contributed by atoms with Gasteiger partial charge in [-0.25, -0.2) is 0 Å². The third kappa shape index (κ3) is 8.63. The number of hydrogen-bond donors (Lipinski definition) is 1. The molecule has 3 unspecified atom stereocenters. The molecule has 10 heteroatoms. The molecule has 0 aliphatic carbocycles. The van der Waals surface area contributed by atoms with Crippen molar-refractivity contribution in [3.8, 4) is 0 Å². The van der Waals surface area contributed by atoms with Crippen LogP contribution in [-0.2, 0) is 41.7 Å². The molecule has 0 amide bonds. The Hall–Kier alpha value is -1.87. The Kier molecular flexibility index (Phi) is 10.2. The molecule has 1 aliphatic rings. The summed E-state index contributed by atoms with van der Waals surface area (Å²) in [5.74, 6) is -1.25. The van der Waals surface area contributed by atoms with Crippen LogP contribution >= 0.6 is 34.8 Å². The lowest BCUT2D eigenvalue weighted by Gasteiger charge is -2.34. The summed E-state index contributed by atoms with van der Waals surface area (Å²) in [5, 5.41) is 8.02. The van der Waals surface area contributed by atoms with Crippen molar-refractivity contribution in [2.45, 2.75) is 68.0 Å². The number of alkyl halides is 3. The van der Waals surface area contributed by atoms with Gasteiger partial charge < -0.3 is 23.7 Å². The Balaban J connectivity index is 1.90. The van der Waals surface area contributed by atoms with Gasteiger partial charge in [-0.05, 0) is 18.1 Å². The lowest BCUT2D eigenvalue weighted by atomic mass is 10.0. The largest absolute Gasteiger partial charge is 0.453 e. The molecule has 5 atom stereocenters. The van der Waals surface area contributed by atoms with Crippen molar-refractivity contribution in [1.82, 2.24) is 0 Å². The van der Waals surface area contributed by atoms with E-state index in [1.165, 1.54) is 6.92 Å². The Labute approximate surface area is 220 Å². The lowest BCUT2D eigenvalue weighted by Crippen LogP contribution is -2.50. The van der Waals surface area contributed by atoms with Crippen LogP contribution in [0.2, 0.25) is 0 Å². The van der Waals surface area contributed by atoms with Gasteiger partial charge in [0.25, 0.3) is 3.79 Å². The highest BCUT2D eigenvalue weighted by Crippen LogP contribution is 2.33. The summed E-state index contributed by atoms with van der Waals surface area (Å²) < 4.78 is 27.6. The molecule has 2 aromatic carbocycles. The fraction of sp³-hybridized carbons (Fsp3) is 0.440. The van der Waals surface area contributed by atoms with Gasteiger partial charge in [-0.1, -0.05) is 95.5 Å². The van der Waals surface area contributed by atoms with E-state index < -0.39 is 46.4 Å². The Morgan fingerprint density at radius 2 is 1.49 bits per heavy atom. The first-order valence-electron chi connectivity index (χ1n) is 11.1. The number of carbonyl (C=O) groups is 1. The molecule has 7 nitrogen and oxygen atoms in total. The van der Waals surface area contributed by atoms with Gasteiger partial charge in [-0.15, -0.1) is 0 Å². The SMILES string of the molecule is CC(=O)OC1C(OCc2ccccc2)[C@@H](OCc2ccccc2)CC(C)O[C@H]1OC(=N)C(Cl)(Cl)Cl. The molecule has 35 heavy (non-hydrogen) atoms. The van der Waals surface area contributed by atoms with Crippen LogP contribution in [0.25, 0.3) is 0 Å². The maximum Gasteiger partial charge on any atom is 0.303 e. The third-order valence-corrected chi connectivity index (χ3v) is 5.79. The molecule has 0 bridgehead atoms. The van der Waals surface area contributed by atoms with Gasteiger partial charge in [-0.3, -0.25) is 10.2 Å². The average molecular weight is 545 g/mol. The maximum atomic E-state index is 12.1. The van der Waals surface area contributed by atoms with Crippen molar-refractivity contribution in [3.63, 3.8) is 0 Å². The molecular weight excluding hydrogens is 517 g/mol. The predicted octanol–water partition coefficient (Wildman–Crippen LogP) is 5.59. The summed E-state index contributed by atoms with van der Waals surface area (Å²) in [4.78, 5) is 12.1. The molecular formula is C25H28Cl3NO6. The van der Waals surface area contributed by atoms with Crippen LogP contribution in [0.5, 0.6) is 0 Å². The van der Waals surface area contributed by atoms with Crippen molar-refractivity contribution < 1.29 is 28.5 Å². The van der Waals surface area contributed by atoms with Gasteiger partial charge in [-0.2, -0.15) is 0 Å². The highest BCUT2D eigenvalue weighted by atomic mass is 35.6. The van der Waals surface area contributed by atoms with E-state index in [9.17, 15) is 4.79 Å². The fourth-order valence-corrected chi connectivity index (χ4v) is 3.82. The first-order chi connectivity index (χ1) is 16.6. The van der Waals surface area contributed by atoms with Crippen LogP contribution in [0.3, 0.4) is 0 Å². The molecule has 0 aromatic heterocycles. The zero-order valence-corrected chi connectivity index (χ0v) is 21.6. The van der Waals surface area contributed by atoms with E-state index in [2.05, 4.69) is 0 Å². The summed E-state index contributed by atoms with van der Waals surface area (Å²) in [6, 6.07) is 19.2. The molecule has 0 spiro atoms. The Bertz CT molecular complexity index is 957. The standard InChI is InChI=1S/C25H28Cl3NO6/c1-16-13-20(31-14-18-9-5-3-6-10-18)21(32-15-19-11-7-4-8-12-19)22(34-17(2)30)23(33-16)35-24(29)25(26,27)28/h3-12,16,20-23,29H,13-15H2,1-2H3/t16?,20-,21?,22?,23-/m0/s1. The van der Waals surface area contributed by atoms with Crippen LogP contribution in [0.15, 0.2) is 60.7 Å². The van der Waals surface area contributed by atoms with Crippen LogP contribution in [0, 0.1) is 5.41 Å². The molecule has 190 valence electrons. The first-order valence-corrected chi connectivity index (χ1v) is 12.2. The van der Waals surface area contributed by atoms with Crippen LogP contribution in [0.4, 0.5) is 0 Å². The Morgan fingerprint density at radius 1 is 0.943 bits per heavy atom. The third-order valence-electron chi connectivity index (χ3n) is 5.27. The van der Waals surface area contributed by atoms with Gasteiger partial charge in [0.2, 0.25) is 12.2 Å². The topological polar surface area (TPSA) is 87.1 Å². The minimum atomic E-state index is -2.12. The van der Waals surface area contributed by atoms with Gasteiger partial charge in [0.05, 0.1) is 25.4 Å². The van der Waals surface area contributed by atoms with E-state index in [1.54, 1.807) is 0 Å². The summed E-state index contributed by atoms with van der Waals surface area (Å²) >= 11 is 17.5. The molecule has 2 aromatic rings. The highest BCUT2D eigenvalue weighted by Gasteiger charge is 2.47. The van der Waals surface area contributed by atoms with Gasteiger partial charge in [0.15, 0.2) is 6.10 Å². The molecule has 1 aliphatic heterocycles. The second kappa shape index (κ2) is 12.9. The number of esters is 1. The fourth-order valence-electron chi connectivity index (χ4n) is 3.69. The molecule has 1 saturated heterocycles. The number of halogens is 3. The van der Waals surface area contributed by atoms with Crippen LogP contribution in [0.1, 0.15) is 31.4 Å². The smallest absolute Gasteiger partial charge is 0.303 e. The normalized spacial score (nSPS) is 24.9. The Morgan fingerprint density at radius 3 is 2.00 bits per heavy atom. The number of ether oxygens (including phenoxy) is 5. The van der Waals surface area contributed by atoms with Crippen LogP contribution < -0.4 is 0 Å². The summed E-state index contributed by atoms with van der Waals surface area (Å²) in [7, 11) is 0. The molecule has 0 saturated carbocycles. The van der Waals surface area contributed by atoms with Crippen molar-refractivity contribution >= 4 is 46.7 Å². The number of benzene rings is 2. The number of carbonyl (C=O) groups excluding carboxylic acids is 1.